The first kappa shape index (κ1) is 12.7. The van der Waals surface area contributed by atoms with Gasteiger partial charge in [0.05, 0.1) is 19.1 Å². The van der Waals surface area contributed by atoms with Crippen LogP contribution in [0.2, 0.25) is 0 Å². The van der Waals surface area contributed by atoms with Crippen molar-refractivity contribution in [2.75, 3.05) is 7.11 Å². The predicted molar refractivity (Wildman–Crippen MR) is 59.5 cm³/mol. The van der Waals surface area contributed by atoms with Gasteiger partial charge in [-0.05, 0) is 11.6 Å². The zero-order valence-corrected chi connectivity index (χ0v) is 10.2. The van der Waals surface area contributed by atoms with E-state index in [1.807, 2.05) is 0 Å². The largest absolute Gasteiger partial charge is 0.469 e. The van der Waals surface area contributed by atoms with Crippen LogP contribution < -0.4 is 0 Å². The van der Waals surface area contributed by atoms with Gasteiger partial charge in [-0.25, -0.2) is 4.39 Å². The number of hydrogen-bond donors (Lipinski definition) is 0. The van der Waals surface area contributed by atoms with Gasteiger partial charge >= 0.3 is 5.97 Å². The highest BCUT2D eigenvalue weighted by molar-refractivity contribution is 9.08. The SMILES string of the molecule is COC(=O)Cc1cc(C#N)c(F)c(CBr)c1. The van der Waals surface area contributed by atoms with Crippen LogP contribution in [0.3, 0.4) is 0 Å². The lowest BCUT2D eigenvalue weighted by Gasteiger charge is -2.05. The number of nitrogens with zero attached hydrogens (tertiary/aromatic N) is 1. The molecular formula is C11H9BrFNO2. The van der Waals surface area contributed by atoms with Crippen molar-refractivity contribution < 1.29 is 13.9 Å². The van der Waals surface area contributed by atoms with E-state index in [-0.39, 0.29) is 12.0 Å². The van der Waals surface area contributed by atoms with E-state index in [2.05, 4.69) is 20.7 Å². The van der Waals surface area contributed by atoms with Crippen molar-refractivity contribution in [1.82, 2.24) is 0 Å². The lowest BCUT2D eigenvalue weighted by molar-refractivity contribution is -0.139. The maximum Gasteiger partial charge on any atom is 0.309 e. The summed E-state index contributed by atoms with van der Waals surface area (Å²) >= 11 is 3.12. The molecule has 0 aromatic heterocycles. The lowest BCUT2D eigenvalue weighted by Crippen LogP contribution is -2.06. The Kier molecular flexibility index (Phi) is 4.44. The number of ether oxygens (including phenoxy) is 1. The Morgan fingerprint density at radius 2 is 2.31 bits per heavy atom. The molecule has 84 valence electrons. The van der Waals surface area contributed by atoms with Crippen LogP contribution in [0.15, 0.2) is 12.1 Å². The first-order chi connectivity index (χ1) is 7.62. The molecule has 0 aliphatic carbocycles. The summed E-state index contributed by atoms with van der Waals surface area (Å²) in [7, 11) is 1.28. The summed E-state index contributed by atoms with van der Waals surface area (Å²) in [5, 5.41) is 9.03. The Morgan fingerprint density at radius 1 is 1.62 bits per heavy atom. The van der Waals surface area contributed by atoms with Gasteiger partial charge in [-0.1, -0.05) is 22.0 Å². The number of halogens is 2. The van der Waals surface area contributed by atoms with Gasteiger partial charge in [-0.3, -0.25) is 4.79 Å². The second-order valence-electron chi connectivity index (χ2n) is 3.11. The Morgan fingerprint density at radius 3 is 2.81 bits per heavy atom. The summed E-state index contributed by atoms with van der Waals surface area (Å²) in [5.74, 6) is -0.969. The minimum atomic E-state index is -0.548. The molecule has 0 N–H and O–H groups in total. The number of nitriles is 1. The Hall–Kier alpha value is -1.41. The fourth-order valence-electron chi connectivity index (χ4n) is 1.27. The molecule has 0 saturated heterocycles. The van der Waals surface area contributed by atoms with E-state index in [9.17, 15) is 9.18 Å². The van der Waals surface area contributed by atoms with Gasteiger partial charge in [0, 0.05) is 10.9 Å². The minimum Gasteiger partial charge on any atom is -0.469 e. The Balaban J connectivity index is 3.13. The molecule has 1 rings (SSSR count). The number of carbonyl (C=O) groups is 1. The number of carbonyl (C=O) groups excluding carboxylic acids is 1. The average molecular weight is 286 g/mol. The zero-order chi connectivity index (χ0) is 12.1. The third-order valence-corrected chi connectivity index (χ3v) is 2.65. The highest BCUT2D eigenvalue weighted by Crippen LogP contribution is 2.18. The number of alkyl halides is 1. The summed E-state index contributed by atoms with van der Waals surface area (Å²) in [4.78, 5) is 11.1. The number of methoxy groups -OCH3 is 1. The summed E-state index contributed by atoms with van der Waals surface area (Å²) in [6.45, 7) is 0. The molecule has 0 fully saturated rings. The van der Waals surface area contributed by atoms with Crippen LogP contribution in [0.4, 0.5) is 4.39 Å². The van der Waals surface area contributed by atoms with E-state index in [4.69, 9.17) is 5.26 Å². The normalized spacial score (nSPS) is 9.62. The van der Waals surface area contributed by atoms with Crippen LogP contribution in [0.1, 0.15) is 16.7 Å². The second kappa shape index (κ2) is 5.61. The van der Waals surface area contributed by atoms with Crippen molar-refractivity contribution in [3.8, 4) is 6.07 Å². The molecule has 0 heterocycles. The van der Waals surface area contributed by atoms with Crippen LogP contribution in [0, 0.1) is 17.1 Å². The van der Waals surface area contributed by atoms with Gasteiger partial charge in [0.1, 0.15) is 11.9 Å². The van der Waals surface area contributed by atoms with E-state index in [0.29, 0.717) is 16.5 Å². The first-order valence-electron chi connectivity index (χ1n) is 4.46. The number of benzene rings is 1. The van der Waals surface area contributed by atoms with Crippen LogP contribution in [0.25, 0.3) is 0 Å². The first-order valence-corrected chi connectivity index (χ1v) is 5.58. The van der Waals surface area contributed by atoms with Crippen LogP contribution >= 0.6 is 15.9 Å². The topological polar surface area (TPSA) is 50.1 Å². The van der Waals surface area contributed by atoms with Gasteiger partial charge < -0.3 is 4.74 Å². The molecule has 1 aromatic carbocycles. The summed E-state index contributed by atoms with van der Waals surface area (Å²) in [6.07, 6.45) is 0.0332. The molecule has 5 heteroatoms. The lowest BCUT2D eigenvalue weighted by atomic mass is 10.0. The third-order valence-electron chi connectivity index (χ3n) is 2.05. The Labute approximate surface area is 101 Å². The molecule has 0 saturated carbocycles. The molecule has 1 aromatic rings. The van der Waals surface area contributed by atoms with Crippen LogP contribution in [-0.4, -0.2) is 13.1 Å². The molecular weight excluding hydrogens is 277 g/mol. The van der Waals surface area contributed by atoms with Crippen molar-refractivity contribution in [3.05, 3.63) is 34.6 Å². The molecule has 3 nitrogen and oxygen atoms in total. The van der Waals surface area contributed by atoms with Gasteiger partial charge in [0.15, 0.2) is 0 Å². The van der Waals surface area contributed by atoms with Crippen molar-refractivity contribution >= 4 is 21.9 Å². The van der Waals surface area contributed by atoms with Crippen molar-refractivity contribution in [3.63, 3.8) is 0 Å². The minimum absolute atomic E-state index is 0.0332. The zero-order valence-electron chi connectivity index (χ0n) is 8.59. The molecule has 16 heavy (non-hydrogen) atoms. The molecule has 0 atom stereocenters. The van der Waals surface area contributed by atoms with Gasteiger partial charge in [-0.15, -0.1) is 0 Å². The van der Waals surface area contributed by atoms with E-state index in [1.54, 1.807) is 12.1 Å². The highest BCUT2D eigenvalue weighted by Gasteiger charge is 2.12. The van der Waals surface area contributed by atoms with E-state index in [0.717, 1.165) is 0 Å². The number of rotatable bonds is 3. The molecule has 0 aliphatic heterocycles. The van der Waals surface area contributed by atoms with E-state index >= 15 is 0 Å². The van der Waals surface area contributed by atoms with Crippen molar-refractivity contribution in [1.29, 1.82) is 5.26 Å². The van der Waals surface area contributed by atoms with Crippen molar-refractivity contribution in [2.24, 2.45) is 0 Å². The Bertz CT molecular complexity index is 454. The number of esters is 1. The smallest absolute Gasteiger partial charge is 0.309 e. The van der Waals surface area contributed by atoms with Gasteiger partial charge in [-0.2, -0.15) is 5.26 Å². The molecule has 0 bridgehead atoms. The second-order valence-corrected chi connectivity index (χ2v) is 3.68. The van der Waals surface area contributed by atoms with E-state index < -0.39 is 11.8 Å². The summed E-state index contributed by atoms with van der Waals surface area (Å²) in [5.41, 5.74) is 0.869. The highest BCUT2D eigenvalue weighted by atomic mass is 79.9. The summed E-state index contributed by atoms with van der Waals surface area (Å²) in [6, 6.07) is 4.66. The monoisotopic (exact) mass is 285 g/mol. The molecule has 0 amide bonds. The van der Waals surface area contributed by atoms with Crippen LogP contribution in [0.5, 0.6) is 0 Å². The molecule has 0 aliphatic rings. The van der Waals surface area contributed by atoms with Crippen molar-refractivity contribution in [2.45, 2.75) is 11.8 Å². The summed E-state index contributed by atoms with van der Waals surface area (Å²) < 4.78 is 18.0. The maximum absolute atomic E-state index is 13.5. The maximum atomic E-state index is 13.5. The fraction of sp³-hybridized carbons (Fsp3) is 0.273. The average Bonchev–Trinajstić information content (AvgIpc) is 2.30. The van der Waals surface area contributed by atoms with Crippen LogP contribution in [-0.2, 0) is 21.3 Å². The van der Waals surface area contributed by atoms with Gasteiger partial charge in [0.2, 0.25) is 0 Å². The number of hydrogen-bond acceptors (Lipinski definition) is 3. The molecule has 0 spiro atoms. The van der Waals surface area contributed by atoms with Gasteiger partial charge in [0.25, 0.3) is 0 Å². The quantitative estimate of drug-likeness (QED) is 0.633. The predicted octanol–water partition coefficient (Wildman–Crippen LogP) is 2.31. The standard InChI is InChI=1S/C11H9BrFNO2/c1-16-10(15)4-7-2-8(5-12)11(13)9(3-7)6-14/h2-3H,4-5H2,1H3. The molecule has 0 radical (unpaired) electrons. The third kappa shape index (κ3) is 2.80. The molecule has 0 unspecified atom stereocenters. The fourth-order valence-corrected chi connectivity index (χ4v) is 1.68. The van der Waals surface area contributed by atoms with E-state index in [1.165, 1.54) is 13.2 Å².